The Morgan fingerprint density at radius 2 is 1.66 bits per heavy atom. The average Bonchev–Trinajstić information content (AvgIpc) is 2.67. The number of rotatable bonds is 8. The summed E-state index contributed by atoms with van der Waals surface area (Å²) in [5.74, 6) is 2.30. The zero-order valence-corrected chi connectivity index (χ0v) is 17.1. The minimum Gasteiger partial charge on any atom is -0.395 e. The second-order valence-electron chi connectivity index (χ2n) is 9.35. The predicted octanol–water partition coefficient (Wildman–Crippen LogP) is 2.67. The van der Waals surface area contributed by atoms with Gasteiger partial charge in [-0.3, -0.25) is 4.79 Å². The SMILES string of the molecule is O=C(NCCC(=O)N(CCO)Cc1ccccc1)NC12CC3CC(CC(C3)C1)C2. The molecule has 4 aliphatic rings. The first-order valence-electron chi connectivity index (χ1n) is 11.0. The quantitative estimate of drug-likeness (QED) is 0.629. The van der Waals surface area contributed by atoms with Crippen molar-refractivity contribution in [3.8, 4) is 0 Å². The molecular formula is C23H33N3O3. The lowest BCUT2D eigenvalue weighted by Gasteiger charge is -2.56. The van der Waals surface area contributed by atoms with Gasteiger partial charge in [0.15, 0.2) is 0 Å². The molecule has 5 rings (SSSR count). The van der Waals surface area contributed by atoms with E-state index in [9.17, 15) is 14.7 Å². The van der Waals surface area contributed by atoms with Gasteiger partial charge in [-0.05, 0) is 61.8 Å². The van der Waals surface area contributed by atoms with Crippen LogP contribution in [-0.2, 0) is 11.3 Å². The van der Waals surface area contributed by atoms with Crippen LogP contribution in [0, 0.1) is 17.8 Å². The number of aliphatic hydroxyl groups excluding tert-OH is 1. The Kier molecular flexibility index (Phi) is 6.09. The van der Waals surface area contributed by atoms with E-state index in [1.165, 1.54) is 19.3 Å². The van der Waals surface area contributed by atoms with E-state index in [1.807, 2.05) is 30.3 Å². The van der Waals surface area contributed by atoms with Gasteiger partial charge in [0.1, 0.15) is 0 Å². The van der Waals surface area contributed by atoms with Gasteiger partial charge in [-0.2, -0.15) is 0 Å². The van der Waals surface area contributed by atoms with Crippen molar-refractivity contribution in [3.05, 3.63) is 35.9 Å². The Morgan fingerprint density at radius 3 is 2.24 bits per heavy atom. The molecule has 0 radical (unpaired) electrons. The molecule has 6 heteroatoms. The number of carbonyl (C=O) groups is 2. The van der Waals surface area contributed by atoms with Gasteiger partial charge in [0, 0.05) is 31.6 Å². The van der Waals surface area contributed by atoms with E-state index in [-0.39, 0.29) is 30.5 Å². The lowest BCUT2D eigenvalue weighted by molar-refractivity contribution is -0.132. The molecule has 0 unspecified atom stereocenters. The summed E-state index contributed by atoms with van der Waals surface area (Å²) in [5.41, 5.74) is 1.01. The summed E-state index contributed by atoms with van der Waals surface area (Å²) in [6, 6.07) is 9.61. The number of carbonyl (C=O) groups excluding carboxylic acids is 2. The van der Waals surface area contributed by atoms with Crippen LogP contribution in [-0.4, -0.2) is 47.2 Å². The zero-order chi connectivity index (χ0) is 20.3. The molecule has 0 aliphatic heterocycles. The average molecular weight is 400 g/mol. The van der Waals surface area contributed by atoms with Gasteiger partial charge in [-0.1, -0.05) is 30.3 Å². The van der Waals surface area contributed by atoms with Crippen LogP contribution in [0.2, 0.25) is 0 Å². The third-order valence-electron chi connectivity index (χ3n) is 6.98. The summed E-state index contributed by atoms with van der Waals surface area (Å²) in [6.07, 6.45) is 7.63. The Hall–Kier alpha value is -2.08. The number of hydrogen-bond acceptors (Lipinski definition) is 3. The number of nitrogens with one attached hydrogen (secondary N) is 2. The van der Waals surface area contributed by atoms with E-state index in [1.54, 1.807) is 4.90 Å². The lowest BCUT2D eigenvalue weighted by atomic mass is 9.53. The molecule has 3 amide bonds. The molecule has 4 saturated carbocycles. The normalized spacial score (nSPS) is 29.5. The van der Waals surface area contributed by atoms with Crippen molar-refractivity contribution >= 4 is 11.9 Å². The monoisotopic (exact) mass is 399 g/mol. The molecule has 3 N–H and O–H groups in total. The third kappa shape index (κ3) is 4.92. The van der Waals surface area contributed by atoms with Crippen molar-refractivity contribution in [2.24, 2.45) is 17.8 Å². The van der Waals surface area contributed by atoms with Crippen LogP contribution in [0.3, 0.4) is 0 Å². The second kappa shape index (κ2) is 8.74. The fourth-order valence-electron chi connectivity index (χ4n) is 6.21. The van der Waals surface area contributed by atoms with E-state index in [2.05, 4.69) is 10.6 Å². The Labute approximate surface area is 173 Å². The van der Waals surface area contributed by atoms with Crippen molar-refractivity contribution < 1.29 is 14.7 Å². The highest BCUT2D eigenvalue weighted by Crippen LogP contribution is 2.55. The molecule has 158 valence electrons. The minimum atomic E-state index is -0.142. The number of nitrogens with zero attached hydrogens (tertiary/aromatic N) is 1. The molecule has 0 spiro atoms. The van der Waals surface area contributed by atoms with Crippen LogP contribution in [0.15, 0.2) is 30.3 Å². The van der Waals surface area contributed by atoms with Crippen LogP contribution in [0.1, 0.15) is 50.5 Å². The van der Waals surface area contributed by atoms with Crippen molar-refractivity contribution in [2.45, 2.75) is 57.0 Å². The smallest absolute Gasteiger partial charge is 0.315 e. The second-order valence-corrected chi connectivity index (χ2v) is 9.35. The third-order valence-corrected chi connectivity index (χ3v) is 6.98. The fraction of sp³-hybridized carbons (Fsp3) is 0.652. The van der Waals surface area contributed by atoms with Crippen molar-refractivity contribution in [1.82, 2.24) is 15.5 Å². The number of aliphatic hydroxyl groups is 1. The summed E-state index contributed by atoms with van der Waals surface area (Å²) in [5, 5.41) is 15.5. The molecule has 0 heterocycles. The summed E-state index contributed by atoms with van der Waals surface area (Å²) >= 11 is 0. The first kappa shape index (κ1) is 20.2. The first-order valence-corrected chi connectivity index (χ1v) is 11.0. The van der Waals surface area contributed by atoms with Gasteiger partial charge >= 0.3 is 6.03 Å². The Balaban J connectivity index is 1.23. The summed E-state index contributed by atoms with van der Waals surface area (Å²) in [7, 11) is 0. The molecule has 4 fully saturated rings. The van der Waals surface area contributed by atoms with E-state index >= 15 is 0 Å². The summed E-state index contributed by atoms with van der Waals surface area (Å²) in [6.45, 7) is 1.01. The maximum Gasteiger partial charge on any atom is 0.315 e. The maximum atomic E-state index is 12.6. The van der Waals surface area contributed by atoms with Crippen LogP contribution >= 0.6 is 0 Å². The van der Waals surface area contributed by atoms with Crippen LogP contribution < -0.4 is 10.6 Å². The lowest BCUT2D eigenvalue weighted by Crippen LogP contribution is -2.61. The van der Waals surface area contributed by atoms with Gasteiger partial charge in [0.25, 0.3) is 0 Å². The number of amides is 3. The molecule has 0 aromatic heterocycles. The van der Waals surface area contributed by atoms with Crippen molar-refractivity contribution in [1.29, 1.82) is 0 Å². The zero-order valence-electron chi connectivity index (χ0n) is 17.1. The number of benzene rings is 1. The summed E-state index contributed by atoms with van der Waals surface area (Å²) < 4.78 is 0. The van der Waals surface area contributed by atoms with Gasteiger partial charge in [0.05, 0.1) is 6.61 Å². The van der Waals surface area contributed by atoms with Crippen LogP contribution in [0.5, 0.6) is 0 Å². The van der Waals surface area contributed by atoms with Gasteiger partial charge in [-0.15, -0.1) is 0 Å². The molecule has 4 bridgehead atoms. The van der Waals surface area contributed by atoms with Crippen LogP contribution in [0.25, 0.3) is 0 Å². The number of hydrogen-bond donors (Lipinski definition) is 3. The maximum absolute atomic E-state index is 12.6. The van der Waals surface area contributed by atoms with Gasteiger partial charge in [-0.25, -0.2) is 4.79 Å². The largest absolute Gasteiger partial charge is 0.395 e. The standard InChI is InChI=1S/C23H33N3O3/c27-9-8-26(16-17-4-2-1-3-5-17)21(28)6-7-24-22(29)25-23-13-18-10-19(14-23)12-20(11-18)15-23/h1-5,18-20,27H,6-16H2,(H2,24,25,29). The van der Waals surface area contributed by atoms with E-state index in [0.29, 0.717) is 19.6 Å². The first-order chi connectivity index (χ1) is 14.0. The highest BCUT2D eigenvalue weighted by Gasteiger charge is 2.51. The Bertz CT molecular complexity index is 686. The molecule has 0 saturated heterocycles. The summed E-state index contributed by atoms with van der Waals surface area (Å²) in [4.78, 5) is 26.7. The fourth-order valence-corrected chi connectivity index (χ4v) is 6.21. The van der Waals surface area contributed by atoms with E-state index in [0.717, 1.165) is 42.6 Å². The van der Waals surface area contributed by atoms with Crippen molar-refractivity contribution in [3.63, 3.8) is 0 Å². The highest BCUT2D eigenvalue weighted by molar-refractivity contribution is 5.78. The van der Waals surface area contributed by atoms with E-state index in [4.69, 9.17) is 0 Å². The molecule has 1 aromatic carbocycles. The van der Waals surface area contributed by atoms with Gasteiger partial charge < -0.3 is 20.6 Å². The molecule has 0 atom stereocenters. The molecule has 6 nitrogen and oxygen atoms in total. The van der Waals surface area contributed by atoms with Gasteiger partial charge in [0.2, 0.25) is 5.91 Å². The molecule has 1 aromatic rings. The molecule has 4 aliphatic carbocycles. The molecular weight excluding hydrogens is 366 g/mol. The van der Waals surface area contributed by atoms with Crippen LogP contribution in [0.4, 0.5) is 4.79 Å². The minimum absolute atomic E-state index is 0.0148. The number of urea groups is 1. The topological polar surface area (TPSA) is 81.7 Å². The highest BCUT2D eigenvalue weighted by atomic mass is 16.3. The Morgan fingerprint density at radius 1 is 1.03 bits per heavy atom. The predicted molar refractivity (Wildman–Crippen MR) is 111 cm³/mol. The van der Waals surface area contributed by atoms with Crippen molar-refractivity contribution in [2.75, 3.05) is 19.7 Å². The molecule has 29 heavy (non-hydrogen) atoms. The van der Waals surface area contributed by atoms with E-state index < -0.39 is 0 Å².